The number of hydrogen-bond donors (Lipinski definition) is 1. The van der Waals surface area contributed by atoms with Crippen molar-refractivity contribution in [3.05, 3.63) is 111 Å². The van der Waals surface area contributed by atoms with E-state index >= 15 is 0 Å². The van der Waals surface area contributed by atoms with E-state index in [1.807, 2.05) is 44.2 Å². The molecule has 0 saturated carbocycles. The molecular weight excluding hydrogens is 493 g/mol. The number of anilines is 1. The van der Waals surface area contributed by atoms with Crippen LogP contribution in [0.15, 0.2) is 83.3 Å². The van der Waals surface area contributed by atoms with E-state index in [0.717, 1.165) is 33.7 Å². The van der Waals surface area contributed by atoms with Crippen molar-refractivity contribution in [2.45, 2.75) is 45.6 Å². The molecule has 2 aliphatic rings. The average Bonchev–Trinajstić information content (AvgIpc) is 2.93. The van der Waals surface area contributed by atoms with Crippen LogP contribution in [-0.2, 0) is 11.4 Å². The van der Waals surface area contributed by atoms with Gasteiger partial charge in [-0.1, -0.05) is 23.8 Å². The van der Waals surface area contributed by atoms with Crippen LogP contribution < -0.4 is 20.1 Å². The number of Topliss-reactive ketones (excluding diaryl/α,β-unsaturated/α-hetero) is 1. The SMILES string of the molecule is COc1ccc(OCc2cc(C)cc(C3C(C#N)=C(N)N(c4cccc(F)c4)C4=C3C(=O)CCC4)c2C)cc1. The minimum atomic E-state index is -0.609. The van der Waals surface area contributed by atoms with Crippen LogP contribution in [-0.4, -0.2) is 12.9 Å². The zero-order valence-electron chi connectivity index (χ0n) is 22.3. The zero-order chi connectivity index (χ0) is 27.7. The summed E-state index contributed by atoms with van der Waals surface area (Å²) in [5.74, 6) is 0.633. The Labute approximate surface area is 227 Å². The summed E-state index contributed by atoms with van der Waals surface area (Å²) in [5, 5.41) is 10.4. The number of ether oxygens (including phenoxy) is 2. The van der Waals surface area contributed by atoms with Crippen molar-refractivity contribution >= 4 is 11.5 Å². The van der Waals surface area contributed by atoms with Gasteiger partial charge in [0.2, 0.25) is 0 Å². The number of allylic oxidation sites excluding steroid dienone is 3. The van der Waals surface area contributed by atoms with Gasteiger partial charge < -0.3 is 15.2 Å². The van der Waals surface area contributed by atoms with Crippen molar-refractivity contribution in [3.8, 4) is 17.6 Å². The molecule has 39 heavy (non-hydrogen) atoms. The molecule has 0 bridgehead atoms. The largest absolute Gasteiger partial charge is 0.497 e. The zero-order valence-corrected chi connectivity index (χ0v) is 22.3. The Bertz CT molecular complexity index is 1550. The number of rotatable bonds is 6. The quantitative estimate of drug-likeness (QED) is 0.406. The molecule has 1 atom stereocenters. The molecule has 6 nitrogen and oxygen atoms in total. The first kappa shape index (κ1) is 26.1. The lowest BCUT2D eigenvalue weighted by atomic mass is 9.73. The molecule has 1 heterocycles. The summed E-state index contributed by atoms with van der Waals surface area (Å²) in [4.78, 5) is 15.2. The minimum absolute atomic E-state index is 0.0140. The lowest BCUT2D eigenvalue weighted by molar-refractivity contribution is -0.116. The van der Waals surface area contributed by atoms with E-state index in [0.29, 0.717) is 42.9 Å². The topological polar surface area (TPSA) is 88.6 Å². The number of benzene rings is 3. The van der Waals surface area contributed by atoms with Gasteiger partial charge in [-0.15, -0.1) is 0 Å². The molecule has 0 amide bonds. The molecule has 3 aromatic carbocycles. The standard InChI is InChI=1S/C32H30FN3O3/c1-19-14-21(18-39-25-12-10-24(38-3)11-13-25)20(2)26(15-19)30-27(17-34)32(35)36(23-7-4-6-22(33)16-23)28-8-5-9-29(37)31(28)30/h4,6-7,10-16,30H,5,8-9,18,35H2,1-3H3. The first-order valence-corrected chi connectivity index (χ1v) is 12.9. The highest BCUT2D eigenvalue weighted by molar-refractivity contribution is 6.01. The molecule has 0 spiro atoms. The monoisotopic (exact) mass is 523 g/mol. The maximum atomic E-state index is 14.2. The van der Waals surface area contributed by atoms with Gasteiger partial charge in [-0.3, -0.25) is 9.69 Å². The summed E-state index contributed by atoms with van der Waals surface area (Å²) in [5.41, 5.74) is 12.5. The molecule has 1 aliphatic carbocycles. The summed E-state index contributed by atoms with van der Waals surface area (Å²) in [6.07, 6.45) is 1.66. The third-order valence-electron chi connectivity index (χ3n) is 7.44. The summed E-state index contributed by atoms with van der Waals surface area (Å²) in [6, 6.07) is 19.8. The molecule has 7 heteroatoms. The highest BCUT2D eigenvalue weighted by Crippen LogP contribution is 2.47. The Morgan fingerprint density at radius 3 is 2.51 bits per heavy atom. The first-order chi connectivity index (χ1) is 18.8. The van der Waals surface area contributed by atoms with Crippen molar-refractivity contribution in [3.63, 3.8) is 0 Å². The number of aryl methyl sites for hydroxylation is 1. The second-order valence-electron chi connectivity index (χ2n) is 9.90. The predicted octanol–water partition coefficient (Wildman–Crippen LogP) is 6.33. The Kier molecular flexibility index (Phi) is 7.12. The lowest BCUT2D eigenvalue weighted by Gasteiger charge is -2.40. The molecule has 0 aromatic heterocycles. The van der Waals surface area contributed by atoms with Crippen LogP contribution >= 0.6 is 0 Å². The Morgan fingerprint density at radius 2 is 1.82 bits per heavy atom. The Morgan fingerprint density at radius 1 is 1.08 bits per heavy atom. The van der Waals surface area contributed by atoms with Crippen molar-refractivity contribution in [2.24, 2.45) is 5.73 Å². The fraction of sp³-hybridized carbons (Fsp3) is 0.250. The van der Waals surface area contributed by atoms with Crippen molar-refractivity contribution in [2.75, 3.05) is 12.0 Å². The van der Waals surface area contributed by atoms with E-state index < -0.39 is 11.7 Å². The smallest absolute Gasteiger partial charge is 0.161 e. The van der Waals surface area contributed by atoms with E-state index in [2.05, 4.69) is 12.1 Å². The van der Waals surface area contributed by atoms with Gasteiger partial charge in [-0.2, -0.15) is 5.26 Å². The summed E-state index contributed by atoms with van der Waals surface area (Å²) >= 11 is 0. The molecule has 0 radical (unpaired) electrons. The second-order valence-corrected chi connectivity index (χ2v) is 9.90. The molecule has 1 aliphatic heterocycles. The van der Waals surface area contributed by atoms with Gasteiger partial charge in [-0.05, 0) is 85.8 Å². The third-order valence-corrected chi connectivity index (χ3v) is 7.44. The van der Waals surface area contributed by atoms with Crippen molar-refractivity contribution < 1.29 is 18.7 Å². The molecule has 1 unspecified atom stereocenters. The minimum Gasteiger partial charge on any atom is -0.497 e. The van der Waals surface area contributed by atoms with Gasteiger partial charge in [0.1, 0.15) is 29.7 Å². The molecule has 0 saturated heterocycles. The van der Waals surface area contributed by atoms with Crippen LogP contribution in [0.25, 0.3) is 0 Å². The number of carbonyl (C=O) groups is 1. The molecule has 2 N–H and O–H groups in total. The van der Waals surface area contributed by atoms with E-state index in [-0.39, 0.29) is 17.2 Å². The summed E-state index contributed by atoms with van der Waals surface area (Å²) in [6.45, 7) is 4.29. The normalized spacial score (nSPS) is 17.2. The van der Waals surface area contributed by atoms with Crippen LogP contribution in [0.5, 0.6) is 11.5 Å². The summed E-state index contributed by atoms with van der Waals surface area (Å²) < 4.78 is 25.5. The van der Waals surface area contributed by atoms with Gasteiger partial charge in [0.05, 0.1) is 30.4 Å². The van der Waals surface area contributed by atoms with Crippen LogP contribution in [0.4, 0.5) is 10.1 Å². The Balaban J connectivity index is 1.60. The maximum Gasteiger partial charge on any atom is 0.161 e. The van der Waals surface area contributed by atoms with Crippen LogP contribution in [0.3, 0.4) is 0 Å². The summed E-state index contributed by atoms with van der Waals surface area (Å²) in [7, 11) is 1.62. The fourth-order valence-corrected chi connectivity index (χ4v) is 5.55. The predicted molar refractivity (Wildman–Crippen MR) is 148 cm³/mol. The highest BCUT2D eigenvalue weighted by Gasteiger charge is 2.41. The van der Waals surface area contributed by atoms with Gasteiger partial charge in [0.25, 0.3) is 0 Å². The second kappa shape index (κ2) is 10.7. The molecule has 0 fully saturated rings. The van der Waals surface area contributed by atoms with Crippen LogP contribution in [0, 0.1) is 31.0 Å². The number of methoxy groups -OCH3 is 1. The molecule has 198 valence electrons. The van der Waals surface area contributed by atoms with E-state index in [1.165, 1.54) is 12.1 Å². The third kappa shape index (κ3) is 4.86. The molecule has 3 aromatic rings. The number of nitrogens with zero attached hydrogens (tertiary/aromatic N) is 2. The van der Waals surface area contributed by atoms with Gasteiger partial charge in [0, 0.05) is 17.7 Å². The van der Waals surface area contributed by atoms with Crippen LogP contribution in [0.1, 0.15) is 47.4 Å². The van der Waals surface area contributed by atoms with Gasteiger partial charge in [0.15, 0.2) is 5.78 Å². The number of nitriles is 1. The number of halogens is 1. The van der Waals surface area contributed by atoms with E-state index in [1.54, 1.807) is 24.1 Å². The lowest BCUT2D eigenvalue weighted by Crippen LogP contribution is -2.39. The number of ketones is 1. The number of carbonyl (C=O) groups excluding carboxylic acids is 1. The first-order valence-electron chi connectivity index (χ1n) is 12.9. The van der Waals surface area contributed by atoms with Crippen LogP contribution in [0.2, 0.25) is 0 Å². The van der Waals surface area contributed by atoms with Crippen molar-refractivity contribution in [1.29, 1.82) is 5.26 Å². The Hall–Kier alpha value is -4.57. The maximum absolute atomic E-state index is 14.2. The van der Waals surface area contributed by atoms with Gasteiger partial charge in [-0.25, -0.2) is 4.39 Å². The molecular formula is C32H30FN3O3. The molecule has 5 rings (SSSR count). The highest BCUT2D eigenvalue weighted by atomic mass is 19.1. The van der Waals surface area contributed by atoms with E-state index in [4.69, 9.17) is 15.2 Å². The van der Waals surface area contributed by atoms with Gasteiger partial charge >= 0.3 is 0 Å². The fourth-order valence-electron chi connectivity index (χ4n) is 5.55. The number of hydrogen-bond acceptors (Lipinski definition) is 6. The van der Waals surface area contributed by atoms with Crippen molar-refractivity contribution in [1.82, 2.24) is 0 Å². The average molecular weight is 524 g/mol. The van der Waals surface area contributed by atoms with E-state index in [9.17, 15) is 14.4 Å². The number of nitrogens with two attached hydrogens (primary N) is 1.